The lowest BCUT2D eigenvalue weighted by atomic mass is 10.1. The first-order valence-corrected chi connectivity index (χ1v) is 8.96. The number of thioether (sulfide) groups is 1. The molecular weight excluding hydrogens is 338 g/mol. The number of anilines is 1. The van der Waals surface area contributed by atoms with Crippen LogP contribution in [0.5, 0.6) is 5.75 Å². The maximum atomic E-state index is 12.3. The Labute approximate surface area is 151 Å². The molecule has 0 saturated heterocycles. The first-order chi connectivity index (χ1) is 12.2. The number of para-hydroxylation sites is 2. The second-order valence-electron chi connectivity index (χ2n) is 5.10. The van der Waals surface area contributed by atoms with Crippen LogP contribution in [-0.4, -0.2) is 31.3 Å². The molecule has 0 aliphatic rings. The molecule has 1 amide bonds. The number of nitrogens with one attached hydrogen (secondary N) is 1. The maximum Gasteiger partial charge on any atom is 0.323 e. The molecule has 132 valence electrons. The summed E-state index contributed by atoms with van der Waals surface area (Å²) in [5, 5.41) is 2.28. The summed E-state index contributed by atoms with van der Waals surface area (Å²) in [6.45, 7) is 2.40. The molecule has 0 spiro atoms. The predicted molar refractivity (Wildman–Crippen MR) is 99.9 cm³/mol. The number of methoxy groups -OCH3 is 1. The number of carbonyl (C=O) groups is 2. The van der Waals surface area contributed by atoms with Crippen LogP contribution in [0.3, 0.4) is 0 Å². The molecule has 2 rings (SSSR count). The SMILES string of the molecule is CCOc1ccccc1NC(=O)CSC(C(=O)OC)c1ccccc1. The van der Waals surface area contributed by atoms with Crippen molar-refractivity contribution in [1.82, 2.24) is 0 Å². The topological polar surface area (TPSA) is 64.6 Å². The molecule has 0 radical (unpaired) electrons. The molecule has 0 aromatic heterocycles. The van der Waals surface area contributed by atoms with Crippen molar-refractivity contribution in [2.45, 2.75) is 12.2 Å². The van der Waals surface area contributed by atoms with Crippen LogP contribution >= 0.6 is 11.8 Å². The number of carbonyl (C=O) groups excluding carboxylic acids is 2. The molecule has 1 atom stereocenters. The summed E-state index contributed by atoms with van der Waals surface area (Å²) in [4.78, 5) is 24.3. The Bertz CT molecular complexity index is 706. The molecule has 1 N–H and O–H groups in total. The van der Waals surface area contributed by atoms with Crippen molar-refractivity contribution < 1.29 is 19.1 Å². The first-order valence-electron chi connectivity index (χ1n) is 7.91. The second kappa shape index (κ2) is 9.74. The van der Waals surface area contributed by atoms with Crippen LogP contribution in [0.4, 0.5) is 5.69 Å². The number of amides is 1. The lowest BCUT2D eigenvalue weighted by molar-refractivity contribution is -0.140. The molecule has 2 aromatic rings. The van der Waals surface area contributed by atoms with Crippen molar-refractivity contribution in [1.29, 1.82) is 0 Å². The smallest absolute Gasteiger partial charge is 0.323 e. The van der Waals surface area contributed by atoms with Crippen molar-refractivity contribution in [3.05, 3.63) is 60.2 Å². The molecule has 5 nitrogen and oxygen atoms in total. The van der Waals surface area contributed by atoms with E-state index in [9.17, 15) is 9.59 Å². The van der Waals surface area contributed by atoms with E-state index in [1.807, 2.05) is 49.4 Å². The van der Waals surface area contributed by atoms with Gasteiger partial charge in [0.2, 0.25) is 5.91 Å². The molecule has 0 heterocycles. The van der Waals surface area contributed by atoms with Crippen LogP contribution in [0.1, 0.15) is 17.7 Å². The fourth-order valence-corrected chi connectivity index (χ4v) is 3.20. The maximum absolute atomic E-state index is 12.3. The zero-order chi connectivity index (χ0) is 18.1. The van der Waals surface area contributed by atoms with Crippen LogP contribution in [0.15, 0.2) is 54.6 Å². The van der Waals surface area contributed by atoms with Gasteiger partial charge < -0.3 is 14.8 Å². The molecular formula is C19H21NO4S. The average Bonchev–Trinajstić information content (AvgIpc) is 2.64. The summed E-state index contributed by atoms with van der Waals surface area (Å²) in [6, 6.07) is 16.5. The summed E-state index contributed by atoms with van der Waals surface area (Å²) < 4.78 is 10.3. The number of benzene rings is 2. The lowest BCUT2D eigenvalue weighted by Gasteiger charge is -2.15. The van der Waals surface area contributed by atoms with E-state index in [0.29, 0.717) is 18.0 Å². The Kier molecular flexibility index (Phi) is 7.35. The molecule has 0 fully saturated rings. The van der Waals surface area contributed by atoms with Crippen molar-refractivity contribution in [3.8, 4) is 5.75 Å². The minimum absolute atomic E-state index is 0.120. The van der Waals surface area contributed by atoms with Gasteiger partial charge in [0.05, 0.1) is 25.2 Å². The van der Waals surface area contributed by atoms with Crippen LogP contribution in [0.2, 0.25) is 0 Å². The summed E-state index contributed by atoms with van der Waals surface area (Å²) in [5.74, 6) is 0.159. The molecule has 6 heteroatoms. The largest absolute Gasteiger partial charge is 0.492 e. The van der Waals surface area contributed by atoms with Crippen molar-refractivity contribution in [2.75, 3.05) is 24.8 Å². The van der Waals surface area contributed by atoms with E-state index >= 15 is 0 Å². The van der Waals surface area contributed by atoms with Gasteiger partial charge in [0.1, 0.15) is 11.0 Å². The summed E-state index contributed by atoms with van der Waals surface area (Å²) in [6.07, 6.45) is 0. The van der Waals surface area contributed by atoms with Gasteiger partial charge in [-0.25, -0.2) is 0 Å². The Morgan fingerprint density at radius 2 is 1.76 bits per heavy atom. The highest BCUT2D eigenvalue weighted by molar-refractivity contribution is 8.00. The van der Waals surface area contributed by atoms with Crippen molar-refractivity contribution >= 4 is 29.3 Å². The number of ether oxygens (including phenoxy) is 2. The van der Waals surface area contributed by atoms with Crippen LogP contribution in [0.25, 0.3) is 0 Å². The normalized spacial score (nSPS) is 11.4. The van der Waals surface area contributed by atoms with Crippen molar-refractivity contribution in [2.24, 2.45) is 0 Å². The van der Waals surface area contributed by atoms with Gasteiger partial charge in [-0.2, -0.15) is 0 Å². The third kappa shape index (κ3) is 5.53. The predicted octanol–water partition coefficient (Wildman–Crippen LogP) is 3.67. The van der Waals surface area contributed by atoms with Gasteiger partial charge in [-0.1, -0.05) is 42.5 Å². The fraction of sp³-hybridized carbons (Fsp3) is 0.263. The second-order valence-corrected chi connectivity index (χ2v) is 6.20. The minimum atomic E-state index is -0.543. The highest BCUT2D eigenvalue weighted by Gasteiger charge is 2.23. The van der Waals surface area contributed by atoms with E-state index in [4.69, 9.17) is 9.47 Å². The molecule has 0 saturated carbocycles. The number of hydrogen-bond donors (Lipinski definition) is 1. The highest BCUT2D eigenvalue weighted by Crippen LogP contribution is 2.30. The van der Waals surface area contributed by atoms with Gasteiger partial charge in [0, 0.05) is 0 Å². The van der Waals surface area contributed by atoms with Crippen molar-refractivity contribution in [3.63, 3.8) is 0 Å². The van der Waals surface area contributed by atoms with Crippen LogP contribution in [0, 0.1) is 0 Å². The third-order valence-corrected chi connectivity index (χ3v) is 4.59. The zero-order valence-electron chi connectivity index (χ0n) is 14.2. The van der Waals surface area contributed by atoms with Gasteiger partial charge in [0.15, 0.2) is 0 Å². The Balaban J connectivity index is 2.01. The van der Waals surface area contributed by atoms with Gasteiger partial charge in [-0.3, -0.25) is 9.59 Å². The summed E-state index contributed by atoms with van der Waals surface area (Å²) in [7, 11) is 1.34. The zero-order valence-corrected chi connectivity index (χ0v) is 15.0. The standard InChI is InChI=1S/C19H21NO4S/c1-3-24-16-12-8-7-11-15(16)20-17(21)13-25-18(19(22)23-2)14-9-5-4-6-10-14/h4-12,18H,3,13H2,1-2H3,(H,20,21). The summed E-state index contributed by atoms with van der Waals surface area (Å²) >= 11 is 1.23. The van der Waals surface area contributed by atoms with Gasteiger partial charge in [0.25, 0.3) is 0 Å². The first kappa shape index (κ1) is 18.9. The fourth-order valence-electron chi connectivity index (χ4n) is 2.23. The Morgan fingerprint density at radius 3 is 2.44 bits per heavy atom. The molecule has 1 unspecified atom stereocenters. The van der Waals surface area contributed by atoms with E-state index < -0.39 is 5.25 Å². The minimum Gasteiger partial charge on any atom is -0.492 e. The van der Waals surface area contributed by atoms with Gasteiger partial charge in [-0.15, -0.1) is 11.8 Å². The molecule has 0 aliphatic heterocycles. The quantitative estimate of drug-likeness (QED) is 0.729. The average molecular weight is 359 g/mol. The molecule has 0 aliphatic carbocycles. The molecule has 0 bridgehead atoms. The van der Waals surface area contributed by atoms with E-state index in [1.165, 1.54) is 18.9 Å². The molecule has 2 aromatic carbocycles. The van der Waals surface area contributed by atoms with E-state index in [-0.39, 0.29) is 17.6 Å². The third-order valence-electron chi connectivity index (χ3n) is 3.36. The number of rotatable bonds is 8. The van der Waals surface area contributed by atoms with Crippen LogP contribution in [-0.2, 0) is 14.3 Å². The van der Waals surface area contributed by atoms with E-state index in [1.54, 1.807) is 12.1 Å². The van der Waals surface area contributed by atoms with Gasteiger partial charge >= 0.3 is 5.97 Å². The number of esters is 1. The highest BCUT2D eigenvalue weighted by atomic mass is 32.2. The number of hydrogen-bond acceptors (Lipinski definition) is 5. The lowest BCUT2D eigenvalue weighted by Crippen LogP contribution is -2.18. The van der Waals surface area contributed by atoms with Crippen LogP contribution < -0.4 is 10.1 Å². The van der Waals surface area contributed by atoms with Gasteiger partial charge in [-0.05, 0) is 24.6 Å². The monoisotopic (exact) mass is 359 g/mol. The Hall–Kier alpha value is -2.47. The molecule has 25 heavy (non-hydrogen) atoms. The summed E-state index contributed by atoms with van der Waals surface area (Å²) in [5.41, 5.74) is 1.42. The Morgan fingerprint density at radius 1 is 1.08 bits per heavy atom. The van der Waals surface area contributed by atoms with E-state index in [0.717, 1.165) is 5.56 Å². The van der Waals surface area contributed by atoms with E-state index in [2.05, 4.69) is 5.32 Å².